The number of Topliss-reactive ketones (excluding diaryl/α,β-unsaturated/α-hetero) is 1. The van der Waals surface area contributed by atoms with E-state index in [2.05, 4.69) is 6.92 Å². The summed E-state index contributed by atoms with van der Waals surface area (Å²) in [7, 11) is 0. The Kier molecular flexibility index (Phi) is 10.3. The maximum absolute atomic E-state index is 12.1. The lowest BCUT2D eigenvalue weighted by Crippen LogP contribution is -2.37. The normalized spacial score (nSPS) is 21.0. The Bertz CT molecular complexity index is 405. The predicted octanol–water partition coefficient (Wildman–Crippen LogP) is 4.05. The van der Waals surface area contributed by atoms with Crippen molar-refractivity contribution in [1.82, 2.24) is 0 Å². The molecule has 0 spiro atoms. The summed E-state index contributed by atoms with van der Waals surface area (Å²) in [4.78, 5) is 22.7. The number of ketones is 1. The number of carbonyl (C=O) groups is 2. The van der Waals surface area contributed by atoms with Gasteiger partial charge in [-0.15, -0.1) is 0 Å². The molecule has 1 fully saturated rings. The van der Waals surface area contributed by atoms with Crippen LogP contribution in [0.3, 0.4) is 0 Å². The largest absolute Gasteiger partial charge is 0.477 e. The van der Waals surface area contributed by atoms with Crippen LogP contribution in [0.5, 0.6) is 0 Å². The number of unbranched alkanes of at least 4 members (excludes halogenated alkanes) is 7. The minimum Gasteiger partial charge on any atom is -0.477 e. The Morgan fingerprint density at radius 3 is 2.28 bits per heavy atom. The highest BCUT2D eigenvalue weighted by molar-refractivity contribution is 5.83. The number of aliphatic carboxylic acids is 1. The average molecular weight is 357 g/mol. The van der Waals surface area contributed by atoms with Gasteiger partial charge in [-0.05, 0) is 31.6 Å². The number of carboxylic acid groups (broad SMARTS) is 1. The topological polar surface area (TPSA) is 94.8 Å². The van der Waals surface area contributed by atoms with E-state index in [1.807, 2.05) is 0 Å². The van der Waals surface area contributed by atoms with Gasteiger partial charge in [0.15, 0.2) is 0 Å². The molecule has 5 heteroatoms. The summed E-state index contributed by atoms with van der Waals surface area (Å²) < 4.78 is 0. The van der Waals surface area contributed by atoms with Crippen LogP contribution in [-0.4, -0.2) is 32.9 Å². The first kappa shape index (κ1) is 22.1. The fraction of sp³-hybridized carbons (Fsp3) is 0.900. The van der Waals surface area contributed by atoms with Crippen LogP contribution in [0.4, 0.5) is 0 Å². The highest BCUT2D eigenvalue weighted by atomic mass is 16.5. The summed E-state index contributed by atoms with van der Waals surface area (Å²) in [6.07, 6.45) is 13.3. The molecule has 0 radical (unpaired) electrons. The van der Waals surface area contributed by atoms with E-state index in [1.165, 1.54) is 38.5 Å². The second-order valence-corrected chi connectivity index (χ2v) is 7.65. The first-order valence-electron chi connectivity index (χ1n) is 10.1. The molecule has 0 unspecified atom stereocenters. The van der Waals surface area contributed by atoms with Gasteiger partial charge in [-0.25, -0.2) is 4.79 Å². The molecule has 0 heterocycles. The minimum absolute atomic E-state index is 0.165. The molecule has 1 aliphatic carbocycles. The summed E-state index contributed by atoms with van der Waals surface area (Å²) in [5.74, 6) is -3.14. The molecule has 0 amide bonds. The van der Waals surface area contributed by atoms with Crippen LogP contribution in [0.15, 0.2) is 0 Å². The van der Waals surface area contributed by atoms with E-state index in [9.17, 15) is 19.8 Å². The average Bonchev–Trinajstić information content (AvgIpc) is 2.90. The van der Waals surface area contributed by atoms with Gasteiger partial charge in [-0.1, -0.05) is 58.3 Å². The quantitative estimate of drug-likeness (QED) is 0.322. The first-order chi connectivity index (χ1) is 11.9. The standard InChI is InChI=1S/C20H36O5/c1-2-3-4-5-6-8-11-16-13-14-18(21)17(16)12-9-7-10-15-20(24,25)19(22)23/h16-17,24-25H,2-15H2,1H3,(H,22,23)/t16-,17-/m0/s1. The lowest BCUT2D eigenvalue weighted by atomic mass is 9.86. The Morgan fingerprint density at radius 2 is 1.60 bits per heavy atom. The van der Waals surface area contributed by atoms with Gasteiger partial charge in [0.2, 0.25) is 0 Å². The van der Waals surface area contributed by atoms with Crippen molar-refractivity contribution >= 4 is 11.8 Å². The summed E-state index contributed by atoms with van der Waals surface area (Å²) in [5.41, 5.74) is 0. The van der Waals surface area contributed by atoms with Gasteiger partial charge in [-0.2, -0.15) is 0 Å². The van der Waals surface area contributed by atoms with Crippen LogP contribution in [0.2, 0.25) is 0 Å². The van der Waals surface area contributed by atoms with E-state index < -0.39 is 11.8 Å². The fourth-order valence-corrected chi connectivity index (χ4v) is 3.93. The van der Waals surface area contributed by atoms with Crippen molar-refractivity contribution in [2.24, 2.45) is 11.8 Å². The highest BCUT2D eigenvalue weighted by Crippen LogP contribution is 2.36. The molecule has 1 saturated carbocycles. The molecule has 1 aliphatic rings. The van der Waals surface area contributed by atoms with Crippen LogP contribution < -0.4 is 0 Å². The van der Waals surface area contributed by atoms with Gasteiger partial charge in [0.1, 0.15) is 5.78 Å². The molecule has 1 rings (SSSR count). The van der Waals surface area contributed by atoms with Gasteiger partial charge in [-0.3, -0.25) is 4.79 Å². The van der Waals surface area contributed by atoms with Crippen LogP contribution in [0.25, 0.3) is 0 Å². The highest BCUT2D eigenvalue weighted by Gasteiger charge is 2.34. The van der Waals surface area contributed by atoms with Crippen molar-refractivity contribution in [2.45, 2.75) is 103 Å². The van der Waals surface area contributed by atoms with Gasteiger partial charge < -0.3 is 15.3 Å². The number of carboxylic acids is 1. The maximum Gasteiger partial charge on any atom is 0.364 e. The molecule has 0 saturated heterocycles. The van der Waals surface area contributed by atoms with Crippen molar-refractivity contribution in [3.05, 3.63) is 0 Å². The van der Waals surface area contributed by atoms with Crippen LogP contribution in [-0.2, 0) is 9.59 Å². The second-order valence-electron chi connectivity index (χ2n) is 7.65. The zero-order valence-corrected chi connectivity index (χ0v) is 15.7. The van der Waals surface area contributed by atoms with Gasteiger partial charge >= 0.3 is 5.97 Å². The van der Waals surface area contributed by atoms with E-state index >= 15 is 0 Å². The van der Waals surface area contributed by atoms with E-state index in [0.29, 0.717) is 24.5 Å². The molecule has 0 aromatic rings. The van der Waals surface area contributed by atoms with Crippen LogP contribution in [0.1, 0.15) is 96.8 Å². The first-order valence-corrected chi connectivity index (χ1v) is 10.1. The third-order valence-corrected chi connectivity index (χ3v) is 5.56. The van der Waals surface area contributed by atoms with Crippen LogP contribution >= 0.6 is 0 Å². The Labute approximate surface area is 151 Å². The molecule has 5 nitrogen and oxygen atoms in total. The summed E-state index contributed by atoms with van der Waals surface area (Å²) in [5, 5.41) is 27.2. The molecule has 0 aliphatic heterocycles. The molecule has 25 heavy (non-hydrogen) atoms. The van der Waals surface area contributed by atoms with Gasteiger partial charge in [0.05, 0.1) is 0 Å². The van der Waals surface area contributed by atoms with Crippen molar-refractivity contribution in [3.8, 4) is 0 Å². The molecule has 146 valence electrons. The molecule has 0 aromatic carbocycles. The van der Waals surface area contributed by atoms with E-state index in [0.717, 1.165) is 32.1 Å². The third kappa shape index (κ3) is 8.32. The number of rotatable bonds is 14. The fourth-order valence-electron chi connectivity index (χ4n) is 3.93. The van der Waals surface area contributed by atoms with Crippen molar-refractivity contribution in [1.29, 1.82) is 0 Å². The minimum atomic E-state index is -2.62. The van der Waals surface area contributed by atoms with E-state index in [1.54, 1.807) is 0 Å². The van der Waals surface area contributed by atoms with Gasteiger partial charge in [0, 0.05) is 18.8 Å². The monoisotopic (exact) mass is 356 g/mol. The van der Waals surface area contributed by atoms with Gasteiger partial charge in [0.25, 0.3) is 5.79 Å². The lowest BCUT2D eigenvalue weighted by molar-refractivity contribution is -0.205. The molecule has 0 aromatic heterocycles. The molecule has 0 bridgehead atoms. The predicted molar refractivity (Wildman–Crippen MR) is 97.1 cm³/mol. The number of carbonyl (C=O) groups excluding carboxylic acids is 1. The summed E-state index contributed by atoms with van der Waals surface area (Å²) >= 11 is 0. The van der Waals surface area contributed by atoms with Crippen molar-refractivity contribution in [3.63, 3.8) is 0 Å². The van der Waals surface area contributed by atoms with E-state index in [-0.39, 0.29) is 12.3 Å². The Hall–Kier alpha value is -0.940. The summed E-state index contributed by atoms with van der Waals surface area (Å²) in [6.45, 7) is 2.22. The lowest BCUT2D eigenvalue weighted by Gasteiger charge is -2.19. The zero-order chi connectivity index (χ0) is 18.7. The Morgan fingerprint density at radius 1 is 1.00 bits per heavy atom. The van der Waals surface area contributed by atoms with Crippen molar-refractivity contribution < 1.29 is 24.9 Å². The maximum atomic E-state index is 12.1. The number of aliphatic hydroxyl groups is 2. The number of hydrogen-bond acceptors (Lipinski definition) is 4. The SMILES string of the molecule is CCCCCCCC[C@H]1CCC(=O)[C@H]1CCCCCC(O)(O)C(=O)O. The third-order valence-electron chi connectivity index (χ3n) is 5.56. The molecular weight excluding hydrogens is 320 g/mol. The molecular formula is C20H36O5. The van der Waals surface area contributed by atoms with E-state index in [4.69, 9.17) is 5.11 Å². The second kappa shape index (κ2) is 11.6. The van der Waals surface area contributed by atoms with Crippen LogP contribution in [0, 0.1) is 11.8 Å². The Balaban J connectivity index is 2.19. The molecule has 3 N–H and O–H groups in total. The smallest absolute Gasteiger partial charge is 0.364 e. The summed E-state index contributed by atoms with van der Waals surface area (Å²) in [6, 6.07) is 0. The molecule has 2 atom stereocenters. The van der Waals surface area contributed by atoms with Crippen molar-refractivity contribution in [2.75, 3.05) is 0 Å². The zero-order valence-electron chi connectivity index (χ0n) is 15.7. The number of hydrogen-bond donors (Lipinski definition) is 3.